The number of rotatable bonds is 6. The molecule has 2 aromatic rings. The van der Waals surface area contributed by atoms with Crippen molar-refractivity contribution >= 4 is 28.9 Å². The van der Waals surface area contributed by atoms with Gasteiger partial charge in [-0.15, -0.1) is 0 Å². The molecule has 1 aliphatic rings. The second-order valence-electron chi connectivity index (χ2n) is 6.58. The predicted molar refractivity (Wildman–Crippen MR) is 107 cm³/mol. The lowest BCUT2D eigenvalue weighted by molar-refractivity contribution is 0.102. The van der Waals surface area contributed by atoms with Gasteiger partial charge in [0.2, 0.25) is 0 Å². The van der Waals surface area contributed by atoms with Crippen LogP contribution in [0.5, 0.6) is 11.5 Å². The van der Waals surface area contributed by atoms with Crippen LogP contribution in [-0.2, 0) is 0 Å². The van der Waals surface area contributed by atoms with Crippen molar-refractivity contribution in [3.63, 3.8) is 0 Å². The van der Waals surface area contributed by atoms with Crippen LogP contribution in [0.3, 0.4) is 0 Å². The molecule has 7 heteroatoms. The van der Waals surface area contributed by atoms with Crippen LogP contribution in [0.2, 0.25) is 5.02 Å². The Bertz CT molecular complexity index is 807. The van der Waals surface area contributed by atoms with Crippen LogP contribution in [0, 0.1) is 0 Å². The van der Waals surface area contributed by atoms with Gasteiger partial charge in [0.25, 0.3) is 5.91 Å². The second kappa shape index (κ2) is 8.95. The molecule has 0 bridgehead atoms. The lowest BCUT2D eigenvalue weighted by Crippen LogP contribution is -2.22. The molecule has 1 fully saturated rings. The molecule has 1 aromatic heterocycles. The zero-order valence-electron chi connectivity index (χ0n) is 15.5. The zero-order chi connectivity index (χ0) is 19.2. The number of hydrogen-bond acceptors (Lipinski definition) is 5. The summed E-state index contributed by atoms with van der Waals surface area (Å²) < 4.78 is 10.5. The number of methoxy groups -OCH3 is 2. The van der Waals surface area contributed by atoms with Crippen molar-refractivity contribution in [3.8, 4) is 11.5 Å². The van der Waals surface area contributed by atoms with E-state index >= 15 is 0 Å². The molecule has 3 rings (SSSR count). The van der Waals surface area contributed by atoms with E-state index in [0.717, 1.165) is 18.5 Å². The molecule has 0 aliphatic heterocycles. The molecule has 27 heavy (non-hydrogen) atoms. The van der Waals surface area contributed by atoms with Crippen LogP contribution in [0.15, 0.2) is 30.6 Å². The highest BCUT2D eigenvalue weighted by molar-refractivity contribution is 6.32. The van der Waals surface area contributed by atoms with Crippen molar-refractivity contribution in [2.75, 3.05) is 24.9 Å². The van der Waals surface area contributed by atoms with Gasteiger partial charge in [0.1, 0.15) is 11.5 Å². The van der Waals surface area contributed by atoms with Crippen LogP contribution in [0.1, 0.15) is 42.5 Å². The summed E-state index contributed by atoms with van der Waals surface area (Å²) in [6, 6.07) is 5.50. The summed E-state index contributed by atoms with van der Waals surface area (Å²) in [5, 5.41) is 6.73. The molecule has 1 heterocycles. The minimum Gasteiger partial charge on any atom is -0.495 e. The summed E-state index contributed by atoms with van der Waals surface area (Å²) in [6.07, 6.45) is 9.37. The van der Waals surface area contributed by atoms with Gasteiger partial charge in [-0.25, -0.2) is 0 Å². The number of nitrogens with one attached hydrogen (secondary N) is 2. The molecule has 0 atom stereocenters. The first-order valence-electron chi connectivity index (χ1n) is 9.05. The Morgan fingerprint density at radius 2 is 1.81 bits per heavy atom. The van der Waals surface area contributed by atoms with Gasteiger partial charge < -0.3 is 20.1 Å². The molecule has 0 unspecified atom stereocenters. The van der Waals surface area contributed by atoms with E-state index in [2.05, 4.69) is 15.6 Å². The number of carbonyl (C=O) groups excluding carboxylic acids is 1. The van der Waals surface area contributed by atoms with E-state index in [1.807, 2.05) is 6.07 Å². The van der Waals surface area contributed by atoms with Crippen LogP contribution >= 0.6 is 11.6 Å². The summed E-state index contributed by atoms with van der Waals surface area (Å²) in [5.41, 5.74) is 1.80. The van der Waals surface area contributed by atoms with Crippen molar-refractivity contribution in [2.45, 2.75) is 38.1 Å². The average molecular weight is 390 g/mol. The third kappa shape index (κ3) is 4.83. The molecule has 0 spiro atoms. The van der Waals surface area contributed by atoms with Gasteiger partial charge >= 0.3 is 0 Å². The monoisotopic (exact) mass is 389 g/mol. The number of nitrogens with zero attached hydrogens (tertiary/aromatic N) is 1. The highest BCUT2D eigenvalue weighted by Gasteiger charge is 2.16. The Kier molecular flexibility index (Phi) is 6.40. The maximum atomic E-state index is 12.7. The molecule has 0 saturated heterocycles. The van der Waals surface area contributed by atoms with Crippen LogP contribution in [0.4, 0.5) is 11.4 Å². The molecular formula is C20H24ClN3O3. The molecule has 144 valence electrons. The first-order chi connectivity index (χ1) is 13.1. The average Bonchev–Trinajstić information content (AvgIpc) is 2.70. The Hall–Kier alpha value is -2.47. The topological polar surface area (TPSA) is 72.5 Å². The molecular weight excluding hydrogens is 366 g/mol. The van der Waals surface area contributed by atoms with Crippen LogP contribution in [-0.4, -0.2) is 31.2 Å². The summed E-state index contributed by atoms with van der Waals surface area (Å²) in [7, 11) is 3.04. The van der Waals surface area contributed by atoms with E-state index in [1.54, 1.807) is 24.5 Å². The van der Waals surface area contributed by atoms with Gasteiger partial charge in [-0.2, -0.15) is 0 Å². The van der Waals surface area contributed by atoms with Crippen LogP contribution in [0.25, 0.3) is 0 Å². The number of anilines is 2. The third-order valence-electron chi connectivity index (χ3n) is 4.70. The molecule has 1 aromatic carbocycles. The maximum Gasteiger partial charge on any atom is 0.257 e. The first-order valence-corrected chi connectivity index (χ1v) is 9.43. The van der Waals surface area contributed by atoms with Gasteiger partial charge in [-0.1, -0.05) is 30.9 Å². The number of amides is 1. The number of carbonyl (C=O) groups is 1. The van der Waals surface area contributed by atoms with Crippen molar-refractivity contribution in [1.82, 2.24) is 4.98 Å². The summed E-state index contributed by atoms with van der Waals surface area (Å²) in [5.74, 6) is 0.634. The number of pyridine rings is 1. The van der Waals surface area contributed by atoms with E-state index in [-0.39, 0.29) is 5.91 Å². The van der Waals surface area contributed by atoms with E-state index in [4.69, 9.17) is 21.1 Å². The largest absolute Gasteiger partial charge is 0.495 e. The smallest absolute Gasteiger partial charge is 0.257 e. The highest BCUT2D eigenvalue weighted by atomic mass is 35.5. The molecule has 1 saturated carbocycles. The van der Waals surface area contributed by atoms with Gasteiger partial charge in [-0.05, 0) is 18.9 Å². The Balaban J connectivity index is 1.75. The molecule has 6 nitrogen and oxygen atoms in total. The normalized spacial score (nSPS) is 14.5. The lowest BCUT2D eigenvalue weighted by Gasteiger charge is -2.23. The van der Waals surface area contributed by atoms with Gasteiger partial charge in [0.05, 0.1) is 36.2 Å². The van der Waals surface area contributed by atoms with E-state index in [0.29, 0.717) is 33.8 Å². The summed E-state index contributed by atoms with van der Waals surface area (Å²) >= 11 is 6.11. The highest BCUT2D eigenvalue weighted by Crippen LogP contribution is 2.36. The quantitative estimate of drug-likeness (QED) is 0.745. The van der Waals surface area contributed by atoms with Gasteiger partial charge in [0.15, 0.2) is 0 Å². The van der Waals surface area contributed by atoms with E-state index < -0.39 is 0 Å². The van der Waals surface area contributed by atoms with E-state index in [1.165, 1.54) is 33.5 Å². The standard InChI is InChI=1S/C20H24ClN3O3/c1-26-18-10-17(19(27-2)9-16(18)21)24-20(25)13-8-15(12-22-11-13)23-14-6-4-3-5-7-14/h8-12,14,23H,3-7H2,1-2H3,(H,24,25). The molecule has 0 radical (unpaired) electrons. The van der Waals surface area contributed by atoms with Crippen molar-refractivity contribution in [1.29, 1.82) is 0 Å². The number of benzene rings is 1. The van der Waals surface area contributed by atoms with Gasteiger partial charge in [0, 0.05) is 30.6 Å². The Morgan fingerprint density at radius 1 is 1.07 bits per heavy atom. The first kappa shape index (κ1) is 19.3. The lowest BCUT2D eigenvalue weighted by atomic mass is 9.95. The van der Waals surface area contributed by atoms with E-state index in [9.17, 15) is 4.79 Å². The Labute approximate surface area is 164 Å². The fourth-order valence-corrected chi connectivity index (χ4v) is 3.51. The Morgan fingerprint density at radius 3 is 2.52 bits per heavy atom. The molecule has 1 aliphatic carbocycles. The van der Waals surface area contributed by atoms with Crippen LogP contribution < -0.4 is 20.1 Å². The zero-order valence-corrected chi connectivity index (χ0v) is 16.3. The predicted octanol–water partition coefficient (Wildman–Crippen LogP) is 4.75. The summed E-state index contributed by atoms with van der Waals surface area (Å²) in [6.45, 7) is 0. The maximum absolute atomic E-state index is 12.7. The number of ether oxygens (including phenoxy) is 2. The second-order valence-corrected chi connectivity index (χ2v) is 6.99. The van der Waals surface area contributed by atoms with Crippen molar-refractivity contribution in [2.24, 2.45) is 0 Å². The number of halogens is 1. The third-order valence-corrected chi connectivity index (χ3v) is 4.99. The SMILES string of the molecule is COc1cc(NC(=O)c2cncc(NC3CCCCC3)c2)c(OC)cc1Cl. The summed E-state index contributed by atoms with van der Waals surface area (Å²) in [4.78, 5) is 16.9. The number of hydrogen-bond donors (Lipinski definition) is 2. The minimum atomic E-state index is -0.280. The van der Waals surface area contributed by atoms with Crippen molar-refractivity contribution < 1.29 is 14.3 Å². The minimum absolute atomic E-state index is 0.280. The molecule has 1 amide bonds. The number of aromatic nitrogens is 1. The fraction of sp³-hybridized carbons (Fsp3) is 0.400. The van der Waals surface area contributed by atoms with Gasteiger partial charge in [-0.3, -0.25) is 9.78 Å². The van der Waals surface area contributed by atoms with Crippen molar-refractivity contribution in [3.05, 3.63) is 41.2 Å². The molecule has 2 N–H and O–H groups in total. The fourth-order valence-electron chi connectivity index (χ4n) is 3.28.